The van der Waals surface area contributed by atoms with Crippen LogP contribution in [0.25, 0.3) is 0 Å². The Balaban J connectivity index is 1.02. The molecule has 6 aliphatic rings. The van der Waals surface area contributed by atoms with Crippen molar-refractivity contribution in [2.45, 2.75) is 110 Å². The van der Waals surface area contributed by atoms with Gasteiger partial charge in [0.15, 0.2) is 0 Å². The Morgan fingerprint density at radius 2 is 1.72 bits per heavy atom. The molecule has 6 heteroatoms. The second kappa shape index (κ2) is 10.4. The van der Waals surface area contributed by atoms with E-state index < -0.39 is 0 Å². The van der Waals surface area contributed by atoms with Crippen molar-refractivity contribution in [1.82, 2.24) is 14.7 Å². The molecule has 2 heterocycles. The average Bonchev–Trinajstić information content (AvgIpc) is 3.28. The van der Waals surface area contributed by atoms with E-state index in [2.05, 4.69) is 33.8 Å². The van der Waals surface area contributed by atoms with Gasteiger partial charge in [0.1, 0.15) is 0 Å². The van der Waals surface area contributed by atoms with Gasteiger partial charge in [0, 0.05) is 45.2 Å². The molecular weight excluding hydrogens is 486 g/mol. The topological polar surface area (TPSA) is 64.1 Å². The SMILES string of the molecule is C[C@H](CCC(=O)N1CCN(C(=O)N2CC[C@@H]2C)CC1)[C@H]1CC[C@H]2[C@@H]3CC=C4C[C@@H](O)CC[C@]4(C)[C@H]3CC[C@]12C. The molecule has 2 saturated heterocycles. The van der Waals surface area contributed by atoms with Crippen LogP contribution in [0.15, 0.2) is 11.6 Å². The minimum atomic E-state index is -0.130. The number of carbonyl (C=O) groups excluding carboxylic acids is 2. The largest absolute Gasteiger partial charge is 0.393 e. The predicted molar refractivity (Wildman–Crippen MR) is 154 cm³/mol. The second-order valence-corrected chi connectivity index (χ2v) is 14.9. The van der Waals surface area contributed by atoms with Crippen molar-refractivity contribution < 1.29 is 14.7 Å². The molecule has 39 heavy (non-hydrogen) atoms. The van der Waals surface area contributed by atoms with Crippen LogP contribution in [0.5, 0.6) is 0 Å². The molecule has 0 aromatic rings. The molecule has 0 aromatic carbocycles. The smallest absolute Gasteiger partial charge is 0.320 e. The van der Waals surface area contributed by atoms with Crippen molar-refractivity contribution in [2.24, 2.45) is 40.4 Å². The van der Waals surface area contributed by atoms with Gasteiger partial charge in [-0.2, -0.15) is 0 Å². The van der Waals surface area contributed by atoms with Gasteiger partial charge in [-0.1, -0.05) is 32.4 Å². The molecule has 2 aliphatic heterocycles. The first-order valence-corrected chi connectivity index (χ1v) is 16.3. The summed E-state index contributed by atoms with van der Waals surface area (Å²) in [5.41, 5.74) is 2.27. The number of allylic oxidation sites excluding steroid dienone is 1. The standard InChI is InChI=1S/C33H53N3O3/c1-22(5-10-30(38)34-17-19-35(20-18-34)31(39)36-16-13-23(36)2)27-8-9-28-26-7-6-24-21-25(37)11-14-32(24,3)29(26)12-15-33(27,28)4/h6,22-23,25-29,37H,5,7-21H2,1-4H3/t22-,23+,25+,26+,27-,28+,29+,32+,33-/m1/s1. The first-order valence-electron chi connectivity index (χ1n) is 16.3. The number of hydrogen-bond acceptors (Lipinski definition) is 3. The van der Waals surface area contributed by atoms with E-state index in [-0.39, 0.29) is 18.0 Å². The number of aliphatic hydroxyl groups is 1. The number of fused-ring (bicyclic) bond motifs is 5. The Hall–Kier alpha value is -1.56. The predicted octanol–water partition coefficient (Wildman–Crippen LogP) is 5.70. The van der Waals surface area contributed by atoms with Crippen LogP contribution in [-0.2, 0) is 4.79 Å². The van der Waals surface area contributed by atoms with Gasteiger partial charge < -0.3 is 19.8 Å². The van der Waals surface area contributed by atoms with E-state index >= 15 is 0 Å². The lowest BCUT2D eigenvalue weighted by atomic mass is 9.47. The zero-order chi connectivity index (χ0) is 27.5. The maximum Gasteiger partial charge on any atom is 0.320 e. The maximum atomic E-state index is 13.2. The zero-order valence-electron chi connectivity index (χ0n) is 25.0. The van der Waals surface area contributed by atoms with E-state index in [1.165, 1.54) is 32.1 Å². The average molecular weight is 540 g/mol. The molecule has 218 valence electrons. The number of likely N-dealkylation sites (tertiary alicyclic amines) is 1. The van der Waals surface area contributed by atoms with Gasteiger partial charge in [-0.05, 0) is 112 Å². The number of amides is 3. The van der Waals surface area contributed by atoms with Crippen LogP contribution in [0.1, 0.15) is 98.3 Å². The van der Waals surface area contributed by atoms with Gasteiger partial charge in [0.25, 0.3) is 0 Å². The van der Waals surface area contributed by atoms with Crippen LogP contribution in [0.3, 0.4) is 0 Å². The molecule has 6 rings (SSSR count). The van der Waals surface area contributed by atoms with Crippen LogP contribution in [-0.4, -0.2) is 76.6 Å². The first-order chi connectivity index (χ1) is 18.6. The summed E-state index contributed by atoms with van der Waals surface area (Å²) in [6.07, 6.45) is 14.7. The lowest BCUT2D eigenvalue weighted by Gasteiger charge is -2.58. The van der Waals surface area contributed by atoms with Crippen molar-refractivity contribution in [3.63, 3.8) is 0 Å². The van der Waals surface area contributed by atoms with E-state index in [9.17, 15) is 14.7 Å². The molecule has 9 atom stereocenters. The highest BCUT2D eigenvalue weighted by Crippen LogP contribution is 2.67. The van der Waals surface area contributed by atoms with Crippen LogP contribution in [0.2, 0.25) is 0 Å². The fraction of sp³-hybridized carbons (Fsp3) is 0.879. The molecular formula is C33H53N3O3. The van der Waals surface area contributed by atoms with E-state index in [0.717, 1.165) is 62.3 Å². The van der Waals surface area contributed by atoms with Gasteiger partial charge in [-0.25, -0.2) is 4.79 Å². The third-order valence-electron chi connectivity index (χ3n) is 13.1. The second-order valence-electron chi connectivity index (χ2n) is 14.9. The normalized spacial score (nSPS) is 42.6. The van der Waals surface area contributed by atoms with Crippen LogP contribution in [0, 0.1) is 40.4 Å². The van der Waals surface area contributed by atoms with E-state index in [4.69, 9.17) is 0 Å². The number of hydrogen-bond donors (Lipinski definition) is 1. The maximum absolute atomic E-state index is 13.2. The van der Waals surface area contributed by atoms with Crippen molar-refractivity contribution >= 4 is 11.9 Å². The van der Waals surface area contributed by atoms with Crippen LogP contribution < -0.4 is 0 Å². The van der Waals surface area contributed by atoms with Gasteiger partial charge in [0.05, 0.1) is 6.10 Å². The van der Waals surface area contributed by atoms with Gasteiger partial charge in [-0.15, -0.1) is 0 Å². The highest BCUT2D eigenvalue weighted by Gasteiger charge is 2.59. The third kappa shape index (κ3) is 4.65. The van der Waals surface area contributed by atoms with Crippen molar-refractivity contribution in [1.29, 1.82) is 0 Å². The molecule has 0 bridgehead atoms. The number of urea groups is 1. The Kier molecular flexibility index (Phi) is 7.34. The Labute approximate surface area is 236 Å². The fourth-order valence-corrected chi connectivity index (χ4v) is 10.5. The van der Waals surface area contributed by atoms with E-state index in [1.807, 2.05) is 14.7 Å². The third-order valence-corrected chi connectivity index (χ3v) is 13.1. The Morgan fingerprint density at radius 1 is 0.974 bits per heavy atom. The summed E-state index contributed by atoms with van der Waals surface area (Å²) < 4.78 is 0. The molecule has 3 saturated carbocycles. The molecule has 0 aromatic heterocycles. The number of rotatable bonds is 4. The lowest BCUT2D eigenvalue weighted by molar-refractivity contribution is -0.133. The number of piperazine rings is 1. The Bertz CT molecular complexity index is 989. The summed E-state index contributed by atoms with van der Waals surface area (Å²) in [6, 6.07) is 0.523. The van der Waals surface area contributed by atoms with E-state index in [0.29, 0.717) is 55.4 Å². The summed E-state index contributed by atoms with van der Waals surface area (Å²) in [7, 11) is 0. The molecule has 0 radical (unpaired) electrons. The van der Waals surface area contributed by atoms with Gasteiger partial charge in [0.2, 0.25) is 5.91 Å². The fourth-order valence-electron chi connectivity index (χ4n) is 10.5. The summed E-state index contributed by atoms with van der Waals surface area (Å²) in [6.45, 7) is 13.2. The molecule has 6 nitrogen and oxygen atoms in total. The number of carbonyl (C=O) groups is 2. The van der Waals surface area contributed by atoms with Crippen LogP contribution >= 0.6 is 0 Å². The van der Waals surface area contributed by atoms with Crippen molar-refractivity contribution in [2.75, 3.05) is 32.7 Å². The summed E-state index contributed by atoms with van der Waals surface area (Å²) in [5.74, 6) is 3.97. The summed E-state index contributed by atoms with van der Waals surface area (Å²) in [5, 5.41) is 10.3. The van der Waals surface area contributed by atoms with Crippen molar-refractivity contribution in [3.05, 3.63) is 11.6 Å². The molecule has 4 aliphatic carbocycles. The minimum Gasteiger partial charge on any atom is -0.393 e. The number of nitrogens with zero attached hydrogens (tertiary/aromatic N) is 3. The number of aliphatic hydroxyl groups excluding tert-OH is 1. The molecule has 0 spiro atoms. The zero-order valence-corrected chi connectivity index (χ0v) is 25.0. The van der Waals surface area contributed by atoms with Crippen LogP contribution in [0.4, 0.5) is 4.79 Å². The lowest BCUT2D eigenvalue weighted by Crippen LogP contribution is -2.59. The monoisotopic (exact) mass is 539 g/mol. The minimum absolute atomic E-state index is 0.130. The van der Waals surface area contributed by atoms with Gasteiger partial charge >= 0.3 is 6.03 Å². The highest BCUT2D eigenvalue weighted by atomic mass is 16.3. The molecule has 0 unspecified atom stereocenters. The van der Waals surface area contributed by atoms with E-state index in [1.54, 1.807) is 5.57 Å². The summed E-state index contributed by atoms with van der Waals surface area (Å²) in [4.78, 5) is 31.8. The molecule has 5 fully saturated rings. The Morgan fingerprint density at radius 3 is 2.41 bits per heavy atom. The summed E-state index contributed by atoms with van der Waals surface area (Å²) >= 11 is 0. The van der Waals surface area contributed by atoms with Gasteiger partial charge in [-0.3, -0.25) is 4.79 Å². The first kappa shape index (κ1) is 27.6. The van der Waals surface area contributed by atoms with Crippen molar-refractivity contribution in [3.8, 4) is 0 Å². The highest BCUT2D eigenvalue weighted by molar-refractivity contribution is 5.78. The molecule has 1 N–H and O–H groups in total. The quantitative estimate of drug-likeness (QED) is 0.466. The molecule has 3 amide bonds.